The Bertz CT molecular complexity index is 1210. The third kappa shape index (κ3) is 4.96. The van der Waals surface area contributed by atoms with Gasteiger partial charge >= 0.3 is 5.97 Å². The summed E-state index contributed by atoms with van der Waals surface area (Å²) in [5.41, 5.74) is 0.610. The number of hydrogen-bond donors (Lipinski definition) is 2. The number of anilines is 1. The second kappa shape index (κ2) is 9.07. The van der Waals surface area contributed by atoms with E-state index in [2.05, 4.69) is 10.0 Å². The van der Waals surface area contributed by atoms with Crippen LogP contribution in [0.2, 0.25) is 5.02 Å². The Balaban J connectivity index is 1.55. The molecule has 2 aromatic rings. The van der Waals surface area contributed by atoms with Gasteiger partial charge in [0.15, 0.2) is 6.61 Å². The molecule has 3 amide bonds. The fourth-order valence-electron chi connectivity index (χ4n) is 2.86. The number of fused-ring (bicyclic) bond motifs is 1. The number of hydrogen-bond acceptors (Lipinski definition) is 7. The zero-order valence-electron chi connectivity index (χ0n) is 16.9. The molecule has 168 valence electrons. The lowest BCUT2D eigenvalue weighted by Crippen LogP contribution is -2.40. The van der Waals surface area contributed by atoms with Gasteiger partial charge in [0.25, 0.3) is 17.7 Å². The molecule has 1 atom stereocenters. The number of carbonyl (C=O) groups is 4. The van der Waals surface area contributed by atoms with E-state index in [-0.39, 0.29) is 21.7 Å². The summed E-state index contributed by atoms with van der Waals surface area (Å²) in [4.78, 5) is 49.0. The van der Waals surface area contributed by atoms with Gasteiger partial charge in [-0.1, -0.05) is 11.6 Å². The third-order valence-corrected chi connectivity index (χ3v) is 6.34. The van der Waals surface area contributed by atoms with Crippen LogP contribution in [-0.2, 0) is 24.3 Å². The van der Waals surface area contributed by atoms with Gasteiger partial charge in [0.1, 0.15) is 6.04 Å². The van der Waals surface area contributed by atoms with Crippen LogP contribution >= 0.6 is 11.6 Å². The van der Waals surface area contributed by atoms with Crippen molar-refractivity contribution in [2.75, 3.05) is 19.0 Å². The second-order valence-electron chi connectivity index (χ2n) is 6.88. The molecule has 2 N–H and O–H groups in total. The van der Waals surface area contributed by atoms with Crippen molar-refractivity contribution < 1.29 is 32.3 Å². The number of nitrogens with one attached hydrogen (secondary N) is 2. The first-order valence-electron chi connectivity index (χ1n) is 9.20. The van der Waals surface area contributed by atoms with Gasteiger partial charge in [-0.15, -0.1) is 0 Å². The van der Waals surface area contributed by atoms with Gasteiger partial charge in [0, 0.05) is 17.8 Å². The predicted octanol–water partition coefficient (Wildman–Crippen LogP) is 1.41. The smallest absolute Gasteiger partial charge is 0.324 e. The lowest BCUT2D eigenvalue weighted by atomic mass is 10.1. The molecule has 0 bridgehead atoms. The summed E-state index contributed by atoms with van der Waals surface area (Å²) in [6.07, 6.45) is 0. The first-order valence-corrected chi connectivity index (χ1v) is 11.1. The van der Waals surface area contributed by atoms with Gasteiger partial charge in [-0.05, 0) is 49.4 Å². The standard InChI is InChI=1S/C20H18ClN3O7S/c1-11(23-32(29,30)14-6-3-12(21)4-7-14)20(28)31-10-17(25)22-13-5-8-15-16(9-13)19(27)24(2)18(15)26/h3-9,11,23H,10H2,1-2H3,(H,22,25)/t11-/m0/s1. The van der Waals surface area contributed by atoms with Gasteiger partial charge in [-0.25, -0.2) is 8.42 Å². The maximum absolute atomic E-state index is 12.3. The van der Waals surface area contributed by atoms with E-state index in [4.69, 9.17) is 16.3 Å². The fourth-order valence-corrected chi connectivity index (χ4v) is 4.18. The molecular formula is C20H18ClN3O7S. The van der Waals surface area contributed by atoms with Crippen molar-refractivity contribution in [2.24, 2.45) is 0 Å². The van der Waals surface area contributed by atoms with Crippen molar-refractivity contribution in [2.45, 2.75) is 17.9 Å². The quantitative estimate of drug-likeness (QED) is 0.452. The molecule has 10 nitrogen and oxygen atoms in total. The molecule has 0 radical (unpaired) electrons. The zero-order valence-corrected chi connectivity index (χ0v) is 18.5. The summed E-state index contributed by atoms with van der Waals surface area (Å²) in [7, 11) is -2.65. The highest BCUT2D eigenvalue weighted by Gasteiger charge is 2.32. The highest BCUT2D eigenvalue weighted by atomic mass is 35.5. The van der Waals surface area contributed by atoms with E-state index in [1.807, 2.05) is 0 Å². The number of benzene rings is 2. The average Bonchev–Trinajstić information content (AvgIpc) is 2.95. The van der Waals surface area contributed by atoms with E-state index in [1.54, 1.807) is 0 Å². The lowest BCUT2D eigenvalue weighted by molar-refractivity contribution is -0.148. The van der Waals surface area contributed by atoms with E-state index < -0.39 is 46.4 Å². The number of carbonyl (C=O) groups excluding carboxylic acids is 4. The van der Waals surface area contributed by atoms with Gasteiger partial charge in [-0.3, -0.25) is 24.1 Å². The van der Waals surface area contributed by atoms with E-state index >= 15 is 0 Å². The Kier molecular flexibility index (Phi) is 6.63. The van der Waals surface area contributed by atoms with Crippen molar-refractivity contribution in [3.05, 3.63) is 58.6 Å². The number of amides is 3. The van der Waals surface area contributed by atoms with Gasteiger partial charge in [0.05, 0.1) is 16.0 Å². The summed E-state index contributed by atoms with van der Waals surface area (Å²) in [6, 6.07) is 8.28. The molecule has 1 heterocycles. The van der Waals surface area contributed by atoms with Crippen LogP contribution in [0.3, 0.4) is 0 Å². The largest absolute Gasteiger partial charge is 0.454 e. The first kappa shape index (κ1) is 23.4. The van der Waals surface area contributed by atoms with Gasteiger partial charge in [-0.2, -0.15) is 4.72 Å². The number of ether oxygens (including phenoxy) is 1. The SMILES string of the molecule is C[C@H](NS(=O)(=O)c1ccc(Cl)cc1)C(=O)OCC(=O)Nc1ccc2c(c1)C(=O)N(C)C2=O. The molecular weight excluding hydrogens is 462 g/mol. The molecule has 0 aromatic heterocycles. The predicted molar refractivity (Wildman–Crippen MR) is 114 cm³/mol. The van der Waals surface area contributed by atoms with Crippen LogP contribution in [0.25, 0.3) is 0 Å². The highest BCUT2D eigenvalue weighted by Crippen LogP contribution is 2.24. The van der Waals surface area contributed by atoms with Crippen LogP contribution in [0, 0.1) is 0 Å². The number of imide groups is 1. The maximum atomic E-state index is 12.3. The molecule has 0 fully saturated rings. The third-order valence-electron chi connectivity index (χ3n) is 4.53. The number of sulfonamides is 1. The normalized spacial score (nSPS) is 14.2. The van der Waals surface area contributed by atoms with E-state index in [0.717, 1.165) is 4.90 Å². The lowest BCUT2D eigenvalue weighted by Gasteiger charge is -2.14. The maximum Gasteiger partial charge on any atom is 0.324 e. The van der Waals surface area contributed by atoms with E-state index in [1.165, 1.54) is 56.4 Å². The summed E-state index contributed by atoms with van der Waals surface area (Å²) in [5.74, 6) is -2.61. The van der Waals surface area contributed by atoms with Crippen molar-refractivity contribution in [3.63, 3.8) is 0 Å². The van der Waals surface area contributed by atoms with Crippen LogP contribution in [-0.4, -0.2) is 56.7 Å². The highest BCUT2D eigenvalue weighted by molar-refractivity contribution is 7.89. The minimum atomic E-state index is -4.00. The number of nitrogens with zero attached hydrogens (tertiary/aromatic N) is 1. The first-order chi connectivity index (χ1) is 15.0. The van der Waals surface area contributed by atoms with E-state index in [9.17, 15) is 27.6 Å². The zero-order chi connectivity index (χ0) is 23.6. The monoisotopic (exact) mass is 479 g/mol. The van der Waals surface area contributed by atoms with Crippen molar-refractivity contribution >= 4 is 51.0 Å². The van der Waals surface area contributed by atoms with Crippen molar-refractivity contribution in [1.82, 2.24) is 9.62 Å². The Morgan fingerprint density at radius 2 is 1.69 bits per heavy atom. The molecule has 0 aliphatic carbocycles. The Morgan fingerprint density at radius 3 is 2.34 bits per heavy atom. The molecule has 0 saturated heterocycles. The molecule has 3 rings (SSSR count). The minimum Gasteiger partial charge on any atom is -0.454 e. The Labute approximate surface area is 188 Å². The summed E-state index contributed by atoms with van der Waals surface area (Å²) in [5, 5.41) is 2.80. The van der Waals surface area contributed by atoms with Crippen LogP contribution < -0.4 is 10.0 Å². The molecule has 32 heavy (non-hydrogen) atoms. The second-order valence-corrected chi connectivity index (χ2v) is 9.03. The summed E-state index contributed by atoms with van der Waals surface area (Å²) in [6.45, 7) is 0.586. The summed E-state index contributed by atoms with van der Waals surface area (Å²) >= 11 is 5.73. The van der Waals surface area contributed by atoms with E-state index in [0.29, 0.717) is 5.02 Å². The number of esters is 1. The van der Waals surface area contributed by atoms with Crippen molar-refractivity contribution in [1.29, 1.82) is 0 Å². The Hall–Kier alpha value is -3.28. The van der Waals surface area contributed by atoms with Crippen LogP contribution in [0.5, 0.6) is 0 Å². The fraction of sp³-hybridized carbons (Fsp3) is 0.200. The number of rotatable bonds is 7. The molecule has 1 aliphatic heterocycles. The topological polar surface area (TPSA) is 139 Å². The van der Waals surface area contributed by atoms with Crippen LogP contribution in [0.1, 0.15) is 27.6 Å². The minimum absolute atomic E-state index is 0.0884. The molecule has 2 aromatic carbocycles. The van der Waals surface area contributed by atoms with Crippen molar-refractivity contribution in [3.8, 4) is 0 Å². The molecule has 0 unspecified atom stereocenters. The summed E-state index contributed by atoms with van der Waals surface area (Å²) < 4.78 is 31.6. The molecule has 1 aliphatic rings. The van der Waals surface area contributed by atoms with Gasteiger partial charge < -0.3 is 10.1 Å². The Morgan fingerprint density at radius 1 is 1.06 bits per heavy atom. The van der Waals surface area contributed by atoms with Crippen LogP contribution in [0.4, 0.5) is 5.69 Å². The molecule has 0 spiro atoms. The number of halogens is 1. The van der Waals surface area contributed by atoms with Crippen LogP contribution in [0.15, 0.2) is 47.4 Å². The molecule has 0 saturated carbocycles. The van der Waals surface area contributed by atoms with Gasteiger partial charge in [0.2, 0.25) is 10.0 Å². The average molecular weight is 480 g/mol. The molecule has 12 heteroatoms.